The van der Waals surface area contributed by atoms with Crippen LogP contribution in [0.1, 0.15) is 22.7 Å². The van der Waals surface area contributed by atoms with Crippen molar-refractivity contribution >= 4 is 34.5 Å². The van der Waals surface area contributed by atoms with Gasteiger partial charge in [-0.3, -0.25) is 24.6 Å². The molecular formula is C26H20F3N3O5. The average Bonchev–Trinajstić information content (AvgIpc) is 3.13. The van der Waals surface area contributed by atoms with Crippen molar-refractivity contribution in [3.63, 3.8) is 0 Å². The molecule has 0 spiro atoms. The van der Waals surface area contributed by atoms with E-state index < -0.39 is 40.2 Å². The zero-order valence-corrected chi connectivity index (χ0v) is 19.6. The normalized spacial score (nSPS) is 17.2. The molecule has 0 radical (unpaired) electrons. The smallest absolute Gasteiger partial charge is 0.416 e. The molecule has 1 heterocycles. The molecule has 8 nitrogen and oxygen atoms in total. The fourth-order valence-electron chi connectivity index (χ4n) is 4.08. The molecule has 1 aliphatic rings. The van der Waals surface area contributed by atoms with E-state index in [1.165, 1.54) is 12.1 Å². The number of benzene rings is 3. The van der Waals surface area contributed by atoms with E-state index in [4.69, 9.17) is 0 Å². The Bertz CT molecular complexity index is 1400. The topological polar surface area (TPSA) is 104 Å². The lowest BCUT2D eigenvalue weighted by molar-refractivity contribution is -0.384. The van der Waals surface area contributed by atoms with Crippen molar-refractivity contribution in [2.24, 2.45) is 0 Å². The van der Waals surface area contributed by atoms with Gasteiger partial charge in [0.05, 0.1) is 22.1 Å². The van der Waals surface area contributed by atoms with Crippen LogP contribution < -0.4 is 9.80 Å². The van der Waals surface area contributed by atoms with E-state index in [-0.39, 0.29) is 22.5 Å². The number of Topliss-reactive ketones (excluding diaryl/α,β-unsaturated/α-hetero) is 1. The number of nitrogens with zero attached hydrogens (tertiary/aromatic N) is 3. The van der Waals surface area contributed by atoms with E-state index in [1.807, 2.05) is 19.0 Å². The average molecular weight is 511 g/mol. The first-order chi connectivity index (χ1) is 17.4. The molecule has 3 aromatic carbocycles. The second-order valence-corrected chi connectivity index (χ2v) is 8.50. The summed E-state index contributed by atoms with van der Waals surface area (Å²) in [5, 5.41) is 22.1. The number of non-ortho nitro benzene ring substituents is 1. The van der Waals surface area contributed by atoms with E-state index in [1.54, 1.807) is 24.3 Å². The molecule has 1 fully saturated rings. The molecule has 3 aromatic rings. The van der Waals surface area contributed by atoms with Crippen LogP contribution in [-0.4, -0.2) is 35.8 Å². The first-order valence-electron chi connectivity index (χ1n) is 10.9. The molecule has 1 saturated heterocycles. The number of aliphatic hydroxyl groups is 1. The van der Waals surface area contributed by atoms with Crippen molar-refractivity contribution in [2.75, 3.05) is 23.9 Å². The number of ketones is 1. The summed E-state index contributed by atoms with van der Waals surface area (Å²) in [5.74, 6) is -2.65. The van der Waals surface area contributed by atoms with Crippen molar-refractivity contribution in [1.29, 1.82) is 0 Å². The molecule has 4 rings (SSSR count). The maximum atomic E-state index is 13.2. The summed E-state index contributed by atoms with van der Waals surface area (Å²) in [5.41, 5.74) is -0.135. The van der Waals surface area contributed by atoms with Gasteiger partial charge in [-0.05, 0) is 54.1 Å². The van der Waals surface area contributed by atoms with E-state index >= 15 is 0 Å². The predicted molar refractivity (Wildman–Crippen MR) is 130 cm³/mol. The van der Waals surface area contributed by atoms with Gasteiger partial charge in [-0.25, -0.2) is 0 Å². The number of rotatable bonds is 5. The highest BCUT2D eigenvalue weighted by Gasteiger charge is 2.47. The standard InChI is InChI=1S/C26H20F3N3O5/c1-30(2)18-9-3-15(4-10-18)22-21(23(33)16-5-11-20(12-6-16)32(36)37)24(34)25(35)31(22)19-13-7-17(8-14-19)26(27,28)29/h3-14,22,33H,1-2H3/b23-21-. The lowest BCUT2D eigenvalue weighted by Gasteiger charge is -2.26. The van der Waals surface area contributed by atoms with E-state index in [0.29, 0.717) is 5.56 Å². The number of aliphatic hydroxyl groups excluding tert-OH is 1. The number of hydrogen-bond donors (Lipinski definition) is 1. The van der Waals surface area contributed by atoms with Crippen LogP contribution in [0.15, 0.2) is 78.4 Å². The zero-order chi connectivity index (χ0) is 27.1. The summed E-state index contributed by atoms with van der Waals surface area (Å²) < 4.78 is 39.3. The van der Waals surface area contributed by atoms with Gasteiger partial charge < -0.3 is 10.0 Å². The zero-order valence-electron chi connectivity index (χ0n) is 19.6. The number of nitro groups is 1. The second kappa shape index (κ2) is 9.41. The van der Waals surface area contributed by atoms with Gasteiger partial charge in [0.2, 0.25) is 0 Å². The van der Waals surface area contributed by atoms with Crippen LogP contribution >= 0.6 is 0 Å². The number of amides is 1. The number of hydrogen-bond acceptors (Lipinski definition) is 6. The first kappa shape index (κ1) is 25.4. The molecule has 11 heteroatoms. The van der Waals surface area contributed by atoms with Gasteiger partial charge in [-0.1, -0.05) is 12.1 Å². The Balaban J connectivity index is 1.88. The molecule has 0 aliphatic carbocycles. The van der Waals surface area contributed by atoms with Gasteiger partial charge in [0.25, 0.3) is 17.4 Å². The first-order valence-corrected chi connectivity index (χ1v) is 10.9. The Morgan fingerprint density at radius 1 is 0.946 bits per heavy atom. The van der Waals surface area contributed by atoms with Crippen molar-refractivity contribution in [3.05, 3.63) is 105 Å². The Morgan fingerprint density at radius 2 is 1.51 bits per heavy atom. The van der Waals surface area contributed by atoms with Crippen LogP contribution in [-0.2, 0) is 15.8 Å². The van der Waals surface area contributed by atoms with Gasteiger partial charge in [-0.15, -0.1) is 0 Å². The maximum absolute atomic E-state index is 13.2. The third kappa shape index (κ3) is 4.75. The molecule has 1 unspecified atom stereocenters. The highest BCUT2D eigenvalue weighted by Crippen LogP contribution is 2.43. The SMILES string of the molecule is CN(C)c1ccc(C2/C(=C(/O)c3ccc([N+](=O)[O-])cc3)C(=O)C(=O)N2c2ccc(C(F)(F)F)cc2)cc1. The number of carbonyl (C=O) groups is 2. The van der Waals surface area contributed by atoms with Gasteiger partial charge in [0, 0.05) is 43.2 Å². The molecule has 37 heavy (non-hydrogen) atoms. The fraction of sp³-hybridized carbons (Fsp3) is 0.154. The van der Waals surface area contributed by atoms with Crippen molar-refractivity contribution in [1.82, 2.24) is 0 Å². The minimum atomic E-state index is -4.59. The van der Waals surface area contributed by atoms with Gasteiger partial charge >= 0.3 is 6.18 Å². The molecule has 1 atom stereocenters. The lowest BCUT2D eigenvalue weighted by atomic mass is 9.94. The van der Waals surface area contributed by atoms with Gasteiger partial charge in [0.1, 0.15) is 5.76 Å². The Kier molecular flexibility index (Phi) is 6.47. The molecule has 0 saturated carbocycles. The van der Waals surface area contributed by atoms with Crippen molar-refractivity contribution < 1.29 is 32.8 Å². The molecule has 1 N–H and O–H groups in total. The largest absolute Gasteiger partial charge is 0.507 e. The summed E-state index contributed by atoms with van der Waals surface area (Å²) in [4.78, 5) is 39.5. The summed E-state index contributed by atoms with van der Waals surface area (Å²) in [6, 6.07) is 14.1. The minimum absolute atomic E-state index is 0.0273. The molecule has 0 aromatic heterocycles. The van der Waals surface area contributed by atoms with Crippen LogP contribution in [0, 0.1) is 10.1 Å². The van der Waals surface area contributed by atoms with Crippen LogP contribution in [0.5, 0.6) is 0 Å². The van der Waals surface area contributed by atoms with Gasteiger partial charge in [-0.2, -0.15) is 13.2 Å². The number of halogens is 3. The lowest BCUT2D eigenvalue weighted by Crippen LogP contribution is -2.29. The summed E-state index contributed by atoms with van der Waals surface area (Å²) in [6.07, 6.45) is -4.59. The van der Waals surface area contributed by atoms with Crippen LogP contribution in [0.4, 0.5) is 30.2 Å². The summed E-state index contributed by atoms with van der Waals surface area (Å²) in [6.45, 7) is 0. The minimum Gasteiger partial charge on any atom is -0.507 e. The van der Waals surface area contributed by atoms with Crippen molar-refractivity contribution in [2.45, 2.75) is 12.2 Å². The van der Waals surface area contributed by atoms with Crippen LogP contribution in [0.2, 0.25) is 0 Å². The van der Waals surface area contributed by atoms with E-state index in [2.05, 4.69) is 0 Å². The number of anilines is 2. The van der Waals surface area contributed by atoms with E-state index in [9.17, 15) is 38.0 Å². The third-order valence-corrected chi connectivity index (χ3v) is 5.99. The number of alkyl halides is 3. The van der Waals surface area contributed by atoms with Crippen LogP contribution in [0.3, 0.4) is 0 Å². The Morgan fingerprint density at radius 3 is 2.00 bits per heavy atom. The highest BCUT2D eigenvalue weighted by molar-refractivity contribution is 6.51. The Labute approximate surface area is 209 Å². The molecular weight excluding hydrogens is 491 g/mol. The molecule has 190 valence electrons. The summed E-state index contributed by atoms with van der Waals surface area (Å²) >= 11 is 0. The predicted octanol–water partition coefficient (Wildman–Crippen LogP) is 5.31. The second-order valence-electron chi connectivity index (χ2n) is 8.50. The van der Waals surface area contributed by atoms with E-state index in [0.717, 1.165) is 47.0 Å². The van der Waals surface area contributed by atoms with Gasteiger partial charge in [0.15, 0.2) is 0 Å². The number of carbonyl (C=O) groups excluding carboxylic acids is 2. The quantitative estimate of drug-likeness (QED) is 0.164. The molecule has 1 amide bonds. The monoisotopic (exact) mass is 511 g/mol. The van der Waals surface area contributed by atoms with Crippen molar-refractivity contribution in [3.8, 4) is 0 Å². The fourth-order valence-corrected chi connectivity index (χ4v) is 4.08. The third-order valence-electron chi connectivity index (χ3n) is 5.99. The molecule has 0 bridgehead atoms. The van der Waals surface area contributed by atoms with Crippen LogP contribution in [0.25, 0.3) is 5.76 Å². The summed E-state index contributed by atoms with van der Waals surface area (Å²) in [7, 11) is 3.63. The Hall–Kier alpha value is -4.67. The maximum Gasteiger partial charge on any atom is 0.416 e. The molecule has 1 aliphatic heterocycles. The number of nitro benzene ring substituents is 1. The highest BCUT2D eigenvalue weighted by atomic mass is 19.4.